The predicted octanol–water partition coefficient (Wildman–Crippen LogP) is 2.92. The molecule has 1 spiro atoms. The zero-order valence-electron chi connectivity index (χ0n) is 20.0. The van der Waals surface area contributed by atoms with E-state index in [4.69, 9.17) is 21.6 Å². The maximum atomic E-state index is 13.9. The number of piperidine rings is 1. The molecule has 2 aliphatic heterocycles. The first-order valence-electron chi connectivity index (χ1n) is 12.8. The van der Waals surface area contributed by atoms with Crippen LogP contribution in [0.15, 0.2) is 30.3 Å². The molecule has 5 aliphatic rings. The van der Waals surface area contributed by atoms with Gasteiger partial charge in [-0.1, -0.05) is 17.7 Å². The Labute approximate surface area is 218 Å². The number of hydrogen-bond acceptors (Lipinski definition) is 7. The number of phenols is 1. The van der Waals surface area contributed by atoms with Crippen LogP contribution in [0.3, 0.4) is 0 Å². The summed E-state index contributed by atoms with van der Waals surface area (Å²) >= 11 is 6.28. The molecule has 8 nitrogen and oxygen atoms in total. The predicted molar refractivity (Wildman–Crippen MR) is 133 cm³/mol. The third kappa shape index (κ3) is 3.02. The summed E-state index contributed by atoms with van der Waals surface area (Å²) in [6, 6.07) is 9.72. The molecule has 37 heavy (non-hydrogen) atoms. The highest BCUT2D eigenvalue weighted by atomic mass is 35.5. The lowest BCUT2D eigenvalue weighted by molar-refractivity contribution is -0.197. The molecule has 1 amide bonds. The molecule has 0 aromatic heterocycles. The molecule has 1 unspecified atom stereocenters. The minimum Gasteiger partial charge on any atom is -0.504 e. The van der Waals surface area contributed by atoms with Crippen LogP contribution in [0.1, 0.15) is 42.4 Å². The molecule has 0 radical (unpaired) electrons. The van der Waals surface area contributed by atoms with Crippen molar-refractivity contribution in [3.63, 3.8) is 0 Å². The topological polar surface area (TPSA) is 123 Å². The molecule has 1 saturated heterocycles. The first-order chi connectivity index (χ1) is 17.8. The van der Waals surface area contributed by atoms with E-state index < -0.39 is 34.7 Å². The average molecular weight is 520 g/mol. The highest BCUT2D eigenvalue weighted by Crippen LogP contribution is 2.65. The summed E-state index contributed by atoms with van der Waals surface area (Å²) in [4.78, 5) is 29.8. The second kappa shape index (κ2) is 7.70. The van der Waals surface area contributed by atoms with Gasteiger partial charge in [0.2, 0.25) is 5.91 Å². The smallest absolute Gasteiger partial charge is 0.235 e. The van der Waals surface area contributed by atoms with Crippen LogP contribution in [0.4, 0.5) is 5.69 Å². The number of carbonyl (C=O) groups is 2. The number of likely N-dealkylation sites (tertiary alicyclic amines) is 1. The summed E-state index contributed by atoms with van der Waals surface area (Å²) < 4.78 is 6.18. The molecule has 190 valence electrons. The van der Waals surface area contributed by atoms with Crippen molar-refractivity contribution in [1.29, 1.82) is 5.26 Å². The lowest BCUT2D eigenvalue weighted by Gasteiger charge is -2.63. The number of nitrogens with one attached hydrogen (secondary N) is 1. The van der Waals surface area contributed by atoms with Crippen molar-refractivity contribution < 1.29 is 24.5 Å². The summed E-state index contributed by atoms with van der Waals surface area (Å²) in [7, 11) is 0. The van der Waals surface area contributed by atoms with Gasteiger partial charge in [-0.15, -0.1) is 0 Å². The van der Waals surface area contributed by atoms with Crippen LogP contribution in [0.2, 0.25) is 5.02 Å². The highest BCUT2D eigenvalue weighted by molar-refractivity contribution is 6.34. The second-order valence-corrected chi connectivity index (χ2v) is 11.6. The third-order valence-corrected chi connectivity index (χ3v) is 9.62. The van der Waals surface area contributed by atoms with E-state index in [0.717, 1.165) is 24.2 Å². The van der Waals surface area contributed by atoms with Gasteiger partial charge in [0.15, 0.2) is 23.4 Å². The molecule has 2 aromatic rings. The number of nitriles is 1. The number of carbonyl (C=O) groups excluding carboxylic acids is 2. The third-order valence-electron chi connectivity index (χ3n) is 9.30. The Bertz CT molecular complexity index is 1420. The number of rotatable bonds is 4. The molecule has 2 bridgehead atoms. The zero-order valence-corrected chi connectivity index (χ0v) is 20.8. The van der Waals surface area contributed by atoms with Gasteiger partial charge in [0.05, 0.1) is 33.4 Å². The van der Waals surface area contributed by atoms with Gasteiger partial charge in [0, 0.05) is 18.2 Å². The van der Waals surface area contributed by atoms with Crippen molar-refractivity contribution in [2.45, 2.75) is 55.3 Å². The highest BCUT2D eigenvalue weighted by Gasteiger charge is 2.75. The van der Waals surface area contributed by atoms with Gasteiger partial charge in [0.25, 0.3) is 0 Å². The standard InChI is InChI=1S/C28H26ClN3O5/c29-18-9-15(12-30)3-5-19(18)31-26(35)17-11-28(36)21-10-16-4-6-20(33)24-22(16)27(28,25(37-24)23(17)34)7-8-32(21)13-14-1-2-14/h3-6,9,14,17,21,25,33,36H,1-2,7-8,10-11,13H2,(H,31,35)/t17?,21-,25+,27+,28-/m1/s1. The maximum absolute atomic E-state index is 13.9. The second-order valence-electron chi connectivity index (χ2n) is 11.2. The van der Waals surface area contributed by atoms with E-state index in [9.17, 15) is 19.8 Å². The lowest BCUT2D eigenvalue weighted by Crippen LogP contribution is -2.78. The first-order valence-corrected chi connectivity index (χ1v) is 13.2. The van der Waals surface area contributed by atoms with Gasteiger partial charge in [-0.2, -0.15) is 5.26 Å². The van der Waals surface area contributed by atoms with Crippen LogP contribution in [-0.4, -0.2) is 57.6 Å². The Kier molecular flexibility index (Phi) is 4.79. The number of amides is 1. The number of hydrogen-bond donors (Lipinski definition) is 3. The van der Waals surface area contributed by atoms with E-state index in [2.05, 4.69) is 10.2 Å². The van der Waals surface area contributed by atoms with Crippen molar-refractivity contribution in [2.24, 2.45) is 11.8 Å². The average Bonchev–Trinajstić information content (AvgIpc) is 3.62. The van der Waals surface area contributed by atoms with Crippen LogP contribution >= 0.6 is 11.6 Å². The van der Waals surface area contributed by atoms with Crippen molar-refractivity contribution >= 4 is 29.0 Å². The molecule has 2 aromatic carbocycles. The number of ether oxygens (including phenoxy) is 1. The normalized spacial score (nSPS) is 33.3. The van der Waals surface area contributed by atoms with E-state index in [1.54, 1.807) is 6.07 Å². The van der Waals surface area contributed by atoms with Gasteiger partial charge in [0.1, 0.15) is 5.92 Å². The monoisotopic (exact) mass is 519 g/mol. The van der Waals surface area contributed by atoms with Crippen molar-refractivity contribution in [2.75, 3.05) is 18.4 Å². The number of aliphatic hydroxyl groups is 1. The Morgan fingerprint density at radius 3 is 2.84 bits per heavy atom. The number of phenolic OH excluding ortho intramolecular Hbond substituents is 1. The number of benzene rings is 2. The van der Waals surface area contributed by atoms with Gasteiger partial charge in [-0.25, -0.2) is 0 Å². The summed E-state index contributed by atoms with van der Waals surface area (Å²) in [5, 5.41) is 35.3. The molecule has 3 aliphatic carbocycles. The summed E-state index contributed by atoms with van der Waals surface area (Å²) in [6.07, 6.45) is 2.34. The zero-order chi connectivity index (χ0) is 25.7. The summed E-state index contributed by atoms with van der Waals surface area (Å²) in [5.41, 5.74) is -0.0113. The van der Waals surface area contributed by atoms with Crippen LogP contribution in [-0.2, 0) is 21.4 Å². The van der Waals surface area contributed by atoms with E-state index in [1.165, 1.54) is 31.0 Å². The van der Waals surface area contributed by atoms with E-state index in [-0.39, 0.29) is 29.0 Å². The molecule has 9 heteroatoms. The van der Waals surface area contributed by atoms with Crippen molar-refractivity contribution in [3.8, 4) is 17.6 Å². The van der Waals surface area contributed by atoms with E-state index in [1.807, 2.05) is 12.1 Å². The fourth-order valence-electron chi connectivity index (χ4n) is 7.43. The molecular weight excluding hydrogens is 494 g/mol. The lowest BCUT2D eigenvalue weighted by atomic mass is 9.47. The van der Waals surface area contributed by atoms with Crippen molar-refractivity contribution in [3.05, 3.63) is 52.0 Å². The summed E-state index contributed by atoms with van der Waals surface area (Å²) in [5.74, 6) is -1.29. The van der Waals surface area contributed by atoms with Crippen LogP contribution in [0.25, 0.3) is 0 Å². The molecule has 2 saturated carbocycles. The van der Waals surface area contributed by atoms with Gasteiger partial charge in [-0.3, -0.25) is 14.5 Å². The van der Waals surface area contributed by atoms with Gasteiger partial charge in [-0.05, 0) is 74.4 Å². The SMILES string of the molecule is N#Cc1ccc(NC(=O)C2C[C@@]3(O)[C@H]4Cc5ccc(O)c6c5[C@@]3(CCN4CC3CC3)[C@@H](O6)C2=O)c(Cl)c1. The van der Waals surface area contributed by atoms with Crippen molar-refractivity contribution in [1.82, 2.24) is 4.90 Å². The molecule has 3 fully saturated rings. The van der Waals surface area contributed by atoms with Gasteiger partial charge < -0.3 is 20.3 Å². The molecule has 3 N–H and O–H groups in total. The Morgan fingerprint density at radius 2 is 2.11 bits per heavy atom. The Hall–Kier alpha value is -3.12. The fourth-order valence-corrected chi connectivity index (χ4v) is 7.66. The minimum atomic E-state index is -1.39. The number of nitrogens with zero attached hydrogens (tertiary/aromatic N) is 2. The first kappa shape index (κ1) is 23.0. The number of halogens is 1. The van der Waals surface area contributed by atoms with Gasteiger partial charge >= 0.3 is 0 Å². The molecule has 5 atom stereocenters. The quantitative estimate of drug-likeness (QED) is 0.531. The number of ketones is 1. The van der Waals surface area contributed by atoms with E-state index >= 15 is 0 Å². The van der Waals surface area contributed by atoms with E-state index in [0.29, 0.717) is 30.0 Å². The molecule has 7 rings (SSSR count). The Balaban J connectivity index is 1.30. The Morgan fingerprint density at radius 1 is 1.30 bits per heavy atom. The minimum absolute atomic E-state index is 0.0359. The van der Waals surface area contributed by atoms with Crippen LogP contribution in [0, 0.1) is 23.2 Å². The number of anilines is 1. The van der Waals surface area contributed by atoms with Crippen LogP contribution < -0.4 is 10.1 Å². The largest absolute Gasteiger partial charge is 0.504 e. The molecular formula is C28H26ClN3O5. The van der Waals surface area contributed by atoms with Crippen LogP contribution in [0.5, 0.6) is 11.5 Å². The number of aromatic hydroxyl groups is 1. The molecule has 2 heterocycles. The maximum Gasteiger partial charge on any atom is 0.235 e. The fraction of sp³-hybridized carbons (Fsp3) is 0.464. The number of Topliss-reactive ketones (excluding diaryl/α,β-unsaturated/α-hetero) is 1. The summed E-state index contributed by atoms with van der Waals surface area (Å²) in [6.45, 7) is 1.61.